The molecule has 15 heteroatoms. The van der Waals surface area contributed by atoms with E-state index in [2.05, 4.69) is 5.32 Å². The third kappa shape index (κ3) is 5.99. The molecule has 15 atom stereocenters. The molecule has 0 aromatic heterocycles. The second-order valence-corrected chi connectivity index (χ2v) is 9.37. The zero-order chi connectivity index (χ0) is 26.9. The molecule has 0 bridgehead atoms. The summed E-state index contributed by atoms with van der Waals surface area (Å²) in [6.07, 6.45) is -20.0. The Morgan fingerprint density at radius 1 is 0.694 bits per heavy atom. The Bertz CT molecular complexity index is 731. The molecule has 3 aliphatic heterocycles. The molecule has 3 saturated heterocycles. The number of aliphatic hydroxyl groups excluding tert-OH is 8. The van der Waals surface area contributed by atoms with Crippen molar-refractivity contribution in [3.63, 3.8) is 0 Å². The van der Waals surface area contributed by atoms with E-state index in [9.17, 15) is 45.6 Å². The average Bonchev–Trinajstić information content (AvgIpc) is 2.83. The largest absolute Gasteiger partial charge is 0.394 e. The van der Waals surface area contributed by atoms with Crippen molar-refractivity contribution >= 4 is 5.91 Å². The summed E-state index contributed by atoms with van der Waals surface area (Å²) in [5.41, 5.74) is 0. The summed E-state index contributed by atoms with van der Waals surface area (Å²) in [5.74, 6) is -0.472. The van der Waals surface area contributed by atoms with Gasteiger partial charge in [-0.2, -0.15) is 0 Å². The van der Waals surface area contributed by atoms with Gasteiger partial charge < -0.3 is 69.9 Å². The fourth-order valence-corrected chi connectivity index (χ4v) is 4.63. The van der Waals surface area contributed by atoms with Crippen LogP contribution < -0.4 is 5.32 Å². The van der Waals surface area contributed by atoms with E-state index in [-0.39, 0.29) is 0 Å². The Morgan fingerprint density at radius 3 is 1.86 bits per heavy atom. The van der Waals surface area contributed by atoms with Gasteiger partial charge in [-0.15, -0.1) is 0 Å². The number of hydrogen-bond acceptors (Lipinski definition) is 14. The van der Waals surface area contributed by atoms with Gasteiger partial charge in [-0.3, -0.25) is 4.79 Å². The fourth-order valence-electron chi connectivity index (χ4n) is 4.63. The van der Waals surface area contributed by atoms with Gasteiger partial charge in [0.25, 0.3) is 0 Å². The van der Waals surface area contributed by atoms with Crippen molar-refractivity contribution in [2.45, 2.75) is 113 Å². The van der Waals surface area contributed by atoms with E-state index in [4.69, 9.17) is 23.7 Å². The highest BCUT2D eigenvalue weighted by Gasteiger charge is 2.53. The number of rotatable bonds is 7. The van der Waals surface area contributed by atoms with Crippen LogP contribution in [0.25, 0.3) is 0 Å². The molecule has 9 N–H and O–H groups in total. The van der Waals surface area contributed by atoms with Crippen LogP contribution in [0.3, 0.4) is 0 Å². The monoisotopic (exact) mass is 527 g/mol. The highest BCUT2D eigenvalue weighted by atomic mass is 16.8. The SMILES string of the molecule is CC(=O)NC1[C@H](C)OC(CO)[C@H](O)[C@@H]1O[C@@H]1OC(CO)[C@H](O)[C@H](O)C1O[C@@H]1OC(C)[C@@H](O)[C@H](O)C1O. The lowest BCUT2D eigenvalue weighted by atomic mass is 9.92. The highest BCUT2D eigenvalue weighted by molar-refractivity contribution is 5.73. The maximum Gasteiger partial charge on any atom is 0.217 e. The molecule has 0 spiro atoms. The van der Waals surface area contributed by atoms with Gasteiger partial charge in [-0.1, -0.05) is 0 Å². The van der Waals surface area contributed by atoms with E-state index in [1.165, 1.54) is 13.8 Å². The van der Waals surface area contributed by atoms with Crippen molar-refractivity contribution in [1.29, 1.82) is 0 Å². The van der Waals surface area contributed by atoms with Crippen molar-refractivity contribution in [2.24, 2.45) is 0 Å². The molecule has 0 aromatic rings. The molecule has 3 heterocycles. The Balaban J connectivity index is 1.89. The first-order valence-electron chi connectivity index (χ1n) is 11.8. The topological polar surface area (TPSA) is 237 Å². The second kappa shape index (κ2) is 12.2. The quantitative estimate of drug-likeness (QED) is 0.150. The molecule has 3 fully saturated rings. The Hall–Kier alpha value is -1.05. The van der Waals surface area contributed by atoms with Crippen molar-refractivity contribution in [3.8, 4) is 0 Å². The van der Waals surface area contributed by atoms with E-state index < -0.39 is 111 Å². The van der Waals surface area contributed by atoms with Crippen LogP contribution in [0.5, 0.6) is 0 Å². The minimum atomic E-state index is -1.77. The lowest BCUT2D eigenvalue weighted by molar-refractivity contribution is -0.376. The summed E-state index contributed by atoms with van der Waals surface area (Å²) in [4.78, 5) is 11.8. The van der Waals surface area contributed by atoms with Gasteiger partial charge in [0.1, 0.15) is 61.0 Å². The number of ether oxygens (including phenoxy) is 5. The third-order valence-corrected chi connectivity index (χ3v) is 6.73. The van der Waals surface area contributed by atoms with Crippen molar-refractivity contribution in [2.75, 3.05) is 13.2 Å². The standard InChI is InChI=1S/C21H37NO14/c1-6-11(22-8(3)25)18(14(28)10(5-24)32-6)35-21-19(16(30)13(27)9(4-23)34-21)36-20-17(31)15(29)12(26)7(2)33-20/h6-7,9-21,23-24,26-31H,4-5H2,1-3H3,(H,22,25)/t6-,7?,9?,10?,11?,12+,13-,14-,15-,16-,17?,18+,19?,20-,21-/m0/s1. The van der Waals surface area contributed by atoms with Crippen LogP contribution in [0.2, 0.25) is 0 Å². The molecule has 0 saturated carbocycles. The number of amides is 1. The van der Waals surface area contributed by atoms with Crippen molar-refractivity contribution < 1.29 is 69.3 Å². The van der Waals surface area contributed by atoms with E-state index in [0.29, 0.717) is 0 Å². The second-order valence-electron chi connectivity index (χ2n) is 9.37. The molecule has 36 heavy (non-hydrogen) atoms. The minimum Gasteiger partial charge on any atom is -0.394 e. The molecular formula is C21H37NO14. The number of aliphatic hydroxyl groups is 8. The Morgan fingerprint density at radius 2 is 1.28 bits per heavy atom. The predicted molar refractivity (Wildman–Crippen MR) is 115 cm³/mol. The minimum absolute atomic E-state index is 0.472. The number of carbonyl (C=O) groups is 1. The summed E-state index contributed by atoms with van der Waals surface area (Å²) < 4.78 is 28.2. The van der Waals surface area contributed by atoms with Gasteiger partial charge in [0.05, 0.1) is 31.5 Å². The zero-order valence-corrected chi connectivity index (χ0v) is 20.1. The van der Waals surface area contributed by atoms with Gasteiger partial charge in [0, 0.05) is 6.92 Å². The Kier molecular flexibility index (Phi) is 10.0. The first-order valence-corrected chi connectivity index (χ1v) is 11.8. The van der Waals surface area contributed by atoms with Crippen LogP contribution in [0.1, 0.15) is 20.8 Å². The van der Waals surface area contributed by atoms with Crippen LogP contribution in [-0.2, 0) is 28.5 Å². The van der Waals surface area contributed by atoms with Crippen LogP contribution in [0.4, 0.5) is 0 Å². The molecule has 6 unspecified atom stereocenters. The molecule has 0 radical (unpaired) electrons. The number of carbonyl (C=O) groups excluding carboxylic acids is 1. The molecule has 1 amide bonds. The van der Waals surface area contributed by atoms with Crippen LogP contribution in [0, 0.1) is 0 Å². The van der Waals surface area contributed by atoms with E-state index in [1.807, 2.05) is 0 Å². The first-order chi connectivity index (χ1) is 16.9. The smallest absolute Gasteiger partial charge is 0.217 e. The number of nitrogens with one attached hydrogen (secondary N) is 1. The van der Waals surface area contributed by atoms with Crippen LogP contribution in [0.15, 0.2) is 0 Å². The van der Waals surface area contributed by atoms with Gasteiger partial charge >= 0.3 is 0 Å². The number of hydrogen-bond donors (Lipinski definition) is 9. The summed E-state index contributed by atoms with van der Waals surface area (Å²) in [6.45, 7) is 2.93. The lowest BCUT2D eigenvalue weighted by Crippen LogP contribution is -2.68. The molecular weight excluding hydrogens is 490 g/mol. The van der Waals surface area contributed by atoms with Crippen molar-refractivity contribution in [3.05, 3.63) is 0 Å². The van der Waals surface area contributed by atoms with Gasteiger partial charge in [0.2, 0.25) is 5.91 Å². The third-order valence-electron chi connectivity index (χ3n) is 6.73. The predicted octanol–water partition coefficient (Wildman–Crippen LogP) is -5.33. The molecule has 3 rings (SSSR count). The summed E-state index contributed by atoms with van der Waals surface area (Å²) in [7, 11) is 0. The van der Waals surface area contributed by atoms with Crippen LogP contribution in [-0.4, -0.2) is 152 Å². The maximum absolute atomic E-state index is 11.8. The summed E-state index contributed by atoms with van der Waals surface area (Å²) >= 11 is 0. The van der Waals surface area contributed by atoms with Gasteiger partial charge in [0.15, 0.2) is 12.6 Å². The summed E-state index contributed by atoms with van der Waals surface area (Å²) in [5, 5.41) is 84.2. The normalized spacial score (nSPS) is 50.0. The molecule has 15 nitrogen and oxygen atoms in total. The fraction of sp³-hybridized carbons (Fsp3) is 0.952. The highest BCUT2D eigenvalue weighted by Crippen LogP contribution is 2.32. The van der Waals surface area contributed by atoms with Gasteiger partial charge in [-0.25, -0.2) is 0 Å². The van der Waals surface area contributed by atoms with E-state index in [1.54, 1.807) is 6.92 Å². The van der Waals surface area contributed by atoms with E-state index >= 15 is 0 Å². The summed E-state index contributed by atoms with van der Waals surface area (Å²) in [6, 6.07) is -0.949. The average molecular weight is 528 g/mol. The van der Waals surface area contributed by atoms with Crippen molar-refractivity contribution in [1.82, 2.24) is 5.32 Å². The van der Waals surface area contributed by atoms with E-state index in [0.717, 1.165) is 0 Å². The molecule has 0 aliphatic carbocycles. The van der Waals surface area contributed by atoms with Gasteiger partial charge in [-0.05, 0) is 13.8 Å². The molecule has 0 aromatic carbocycles. The zero-order valence-electron chi connectivity index (χ0n) is 20.1. The van der Waals surface area contributed by atoms with Crippen LogP contribution >= 0.6 is 0 Å². The molecule has 210 valence electrons. The first kappa shape index (κ1) is 29.5. The molecule has 3 aliphatic rings. The lowest BCUT2D eigenvalue weighted by Gasteiger charge is -2.49. The maximum atomic E-state index is 11.8. The Labute approximate surface area is 207 Å².